The normalized spacial score (nSPS) is 14.6. The van der Waals surface area contributed by atoms with Crippen molar-refractivity contribution in [2.24, 2.45) is 0 Å². The Hall–Kier alpha value is -1.69. The highest BCUT2D eigenvalue weighted by molar-refractivity contribution is 5.37. The SMILES string of the molecule is O=[N+]([O-])c1ccc(OCCOC2CC2)cc1F. The second-order valence-electron chi connectivity index (χ2n) is 3.79. The fraction of sp³-hybridized carbons (Fsp3) is 0.455. The van der Waals surface area contributed by atoms with Gasteiger partial charge >= 0.3 is 5.69 Å². The number of benzene rings is 1. The van der Waals surface area contributed by atoms with E-state index in [1.165, 1.54) is 6.07 Å². The van der Waals surface area contributed by atoms with Crippen LogP contribution in [0.1, 0.15) is 12.8 Å². The van der Waals surface area contributed by atoms with Crippen molar-refractivity contribution >= 4 is 5.69 Å². The molecule has 1 fully saturated rings. The second kappa shape index (κ2) is 5.09. The van der Waals surface area contributed by atoms with Crippen LogP contribution in [0.15, 0.2) is 18.2 Å². The molecule has 0 amide bonds. The van der Waals surface area contributed by atoms with Crippen molar-refractivity contribution in [1.29, 1.82) is 0 Å². The maximum Gasteiger partial charge on any atom is 0.305 e. The fourth-order valence-electron chi connectivity index (χ4n) is 1.33. The van der Waals surface area contributed by atoms with Crippen LogP contribution in [0.2, 0.25) is 0 Å². The first-order valence-electron chi connectivity index (χ1n) is 5.35. The maximum atomic E-state index is 13.2. The third-order valence-corrected chi connectivity index (χ3v) is 2.35. The van der Waals surface area contributed by atoms with Crippen LogP contribution in [0.4, 0.5) is 10.1 Å². The van der Waals surface area contributed by atoms with Crippen LogP contribution < -0.4 is 4.74 Å². The van der Waals surface area contributed by atoms with Crippen LogP contribution in [0.5, 0.6) is 5.75 Å². The predicted molar refractivity (Wildman–Crippen MR) is 57.5 cm³/mol. The first-order valence-corrected chi connectivity index (χ1v) is 5.35. The first-order chi connectivity index (χ1) is 8.16. The minimum absolute atomic E-state index is 0.271. The highest BCUT2D eigenvalue weighted by Crippen LogP contribution is 2.24. The molecule has 0 atom stereocenters. The highest BCUT2D eigenvalue weighted by atomic mass is 19.1. The van der Waals surface area contributed by atoms with Gasteiger partial charge in [0.25, 0.3) is 0 Å². The van der Waals surface area contributed by atoms with E-state index in [9.17, 15) is 14.5 Å². The van der Waals surface area contributed by atoms with E-state index >= 15 is 0 Å². The standard InChI is InChI=1S/C11H12FNO4/c12-10-7-9(3-4-11(10)13(14)15)17-6-5-16-8-1-2-8/h3-4,7-8H,1-2,5-6H2. The molecule has 5 nitrogen and oxygen atoms in total. The third-order valence-electron chi connectivity index (χ3n) is 2.35. The van der Waals surface area contributed by atoms with E-state index in [0.29, 0.717) is 19.3 Å². The number of nitrogens with zero attached hydrogens (tertiary/aromatic N) is 1. The van der Waals surface area contributed by atoms with Gasteiger partial charge in [-0.15, -0.1) is 0 Å². The van der Waals surface area contributed by atoms with Gasteiger partial charge in [0.15, 0.2) is 0 Å². The van der Waals surface area contributed by atoms with Crippen LogP contribution in [0.25, 0.3) is 0 Å². The summed E-state index contributed by atoms with van der Waals surface area (Å²) in [7, 11) is 0. The number of hydrogen-bond donors (Lipinski definition) is 0. The molecule has 92 valence electrons. The lowest BCUT2D eigenvalue weighted by atomic mass is 10.3. The molecule has 1 aromatic carbocycles. The molecule has 1 saturated carbocycles. The summed E-state index contributed by atoms with van der Waals surface area (Å²) in [6, 6.07) is 3.47. The van der Waals surface area contributed by atoms with Crippen molar-refractivity contribution in [3.05, 3.63) is 34.1 Å². The molecule has 0 aromatic heterocycles. The summed E-state index contributed by atoms with van der Waals surface area (Å²) in [6.45, 7) is 0.761. The Bertz CT molecular complexity index is 420. The molecule has 0 unspecified atom stereocenters. The lowest BCUT2D eigenvalue weighted by molar-refractivity contribution is -0.387. The van der Waals surface area contributed by atoms with E-state index in [4.69, 9.17) is 9.47 Å². The Kier molecular flexibility index (Phi) is 3.53. The number of nitro benzene ring substituents is 1. The molecular weight excluding hydrogens is 229 g/mol. The molecule has 1 aromatic rings. The minimum Gasteiger partial charge on any atom is -0.491 e. The van der Waals surface area contributed by atoms with Gasteiger partial charge in [-0.1, -0.05) is 0 Å². The van der Waals surface area contributed by atoms with E-state index < -0.39 is 16.4 Å². The van der Waals surface area contributed by atoms with Crippen molar-refractivity contribution in [3.8, 4) is 5.75 Å². The average molecular weight is 241 g/mol. The fourth-order valence-corrected chi connectivity index (χ4v) is 1.33. The Morgan fingerprint density at radius 3 is 2.76 bits per heavy atom. The third kappa shape index (κ3) is 3.39. The molecule has 1 aliphatic carbocycles. The van der Waals surface area contributed by atoms with Gasteiger partial charge in [0.1, 0.15) is 12.4 Å². The quantitative estimate of drug-likeness (QED) is 0.435. The summed E-state index contributed by atoms with van der Waals surface area (Å²) in [5.41, 5.74) is -0.549. The van der Waals surface area contributed by atoms with Gasteiger partial charge in [0, 0.05) is 12.1 Å². The average Bonchev–Trinajstić information content (AvgIpc) is 3.08. The molecule has 0 aliphatic heterocycles. The summed E-state index contributed by atoms with van der Waals surface area (Å²) in [5.74, 6) is -0.622. The van der Waals surface area contributed by atoms with Gasteiger partial charge in [0.2, 0.25) is 5.82 Å². The summed E-state index contributed by atoms with van der Waals surface area (Å²) >= 11 is 0. The summed E-state index contributed by atoms with van der Waals surface area (Å²) in [6.07, 6.45) is 2.53. The summed E-state index contributed by atoms with van der Waals surface area (Å²) in [5, 5.41) is 10.4. The largest absolute Gasteiger partial charge is 0.491 e. The molecule has 2 rings (SSSR count). The van der Waals surface area contributed by atoms with Crippen molar-refractivity contribution < 1.29 is 18.8 Å². The maximum absolute atomic E-state index is 13.2. The van der Waals surface area contributed by atoms with Crippen LogP contribution in [0, 0.1) is 15.9 Å². The number of halogens is 1. The molecule has 0 heterocycles. The van der Waals surface area contributed by atoms with Gasteiger partial charge in [-0.3, -0.25) is 10.1 Å². The lowest BCUT2D eigenvalue weighted by Gasteiger charge is -2.06. The van der Waals surface area contributed by atoms with Crippen LogP contribution in [-0.4, -0.2) is 24.2 Å². The van der Waals surface area contributed by atoms with Crippen LogP contribution >= 0.6 is 0 Å². The number of ether oxygens (including phenoxy) is 2. The smallest absolute Gasteiger partial charge is 0.305 e. The van der Waals surface area contributed by atoms with Gasteiger partial charge in [-0.2, -0.15) is 4.39 Å². The predicted octanol–water partition coefficient (Wildman–Crippen LogP) is 2.29. The van der Waals surface area contributed by atoms with Crippen molar-refractivity contribution in [1.82, 2.24) is 0 Å². The van der Waals surface area contributed by atoms with Crippen LogP contribution in [0.3, 0.4) is 0 Å². The summed E-state index contributed by atoms with van der Waals surface area (Å²) in [4.78, 5) is 9.61. The number of rotatable bonds is 6. The Morgan fingerprint density at radius 1 is 1.41 bits per heavy atom. The molecule has 0 bridgehead atoms. The molecule has 0 N–H and O–H groups in total. The number of nitro groups is 1. The van der Waals surface area contributed by atoms with E-state index in [1.54, 1.807) is 0 Å². The van der Waals surface area contributed by atoms with E-state index in [0.717, 1.165) is 25.0 Å². The molecule has 6 heteroatoms. The Morgan fingerprint density at radius 2 is 2.18 bits per heavy atom. The second-order valence-corrected chi connectivity index (χ2v) is 3.79. The van der Waals surface area contributed by atoms with Crippen molar-refractivity contribution in [3.63, 3.8) is 0 Å². The van der Waals surface area contributed by atoms with Crippen molar-refractivity contribution in [2.45, 2.75) is 18.9 Å². The lowest BCUT2D eigenvalue weighted by Crippen LogP contribution is -2.07. The van der Waals surface area contributed by atoms with Gasteiger partial charge < -0.3 is 9.47 Å². The number of hydrogen-bond acceptors (Lipinski definition) is 4. The zero-order valence-electron chi connectivity index (χ0n) is 9.10. The topological polar surface area (TPSA) is 61.6 Å². The zero-order valence-corrected chi connectivity index (χ0v) is 9.10. The molecule has 17 heavy (non-hydrogen) atoms. The molecular formula is C11H12FNO4. The molecule has 0 spiro atoms. The Labute approximate surface area is 97.3 Å². The summed E-state index contributed by atoms with van der Waals surface area (Å²) < 4.78 is 23.7. The molecule has 0 radical (unpaired) electrons. The van der Waals surface area contributed by atoms with E-state index in [-0.39, 0.29) is 5.75 Å². The molecule has 0 saturated heterocycles. The molecule has 1 aliphatic rings. The van der Waals surface area contributed by atoms with Crippen LogP contribution in [-0.2, 0) is 4.74 Å². The van der Waals surface area contributed by atoms with Gasteiger partial charge in [0.05, 0.1) is 17.6 Å². The van der Waals surface area contributed by atoms with Gasteiger partial charge in [-0.05, 0) is 18.9 Å². The monoisotopic (exact) mass is 241 g/mol. The first kappa shape index (κ1) is 11.8. The minimum atomic E-state index is -0.893. The van der Waals surface area contributed by atoms with Crippen molar-refractivity contribution in [2.75, 3.05) is 13.2 Å². The Balaban J connectivity index is 1.83. The van der Waals surface area contributed by atoms with E-state index in [1.807, 2.05) is 0 Å². The van der Waals surface area contributed by atoms with E-state index in [2.05, 4.69) is 0 Å². The van der Waals surface area contributed by atoms with Gasteiger partial charge in [-0.25, -0.2) is 0 Å². The zero-order chi connectivity index (χ0) is 12.3. The highest BCUT2D eigenvalue weighted by Gasteiger charge is 2.21.